The van der Waals surface area contributed by atoms with Crippen molar-refractivity contribution in [3.63, 3.8) is 0 Å². The van der Waals surface area contributed by atoms with Gasteiger partial charge in [0.1, 0.15) is 11.6 Å². The second-order valence-electron chi connectivity index (χ2n) is 8.83. The van der Waals surface area contributed by atoms with E-state index in [0.29, 0.717) is 11.3 Å². The molecule has 0 saturated heterocycles. The molecule has 2 aromatic carbocycles. The van der Waals surface area contributed by atoms with Crippen LogP contribution in [0.4, 0.5) is 10.5 Å². The molecular formula is C25H30N4O4. The monoisotopic (exact) mass is 450 g/mol. The molecule has 33 heavy (non-hydrogen) atoms. The van der Waals surface area contributed by atoms with Crippen molar-refractivity contribution in [3.8, 4) is 0 Å². The standard InChI is InChI=1S/C25H30N4O4/c1-25(2,3)33-24(32)28-20(14-17-15-29(5)21-9-7-6-8-19(17)21)23(31)27-18-12-10-16(11-13-18)22(30)26-4/h6-13,15,20H,14H2,1-5H3,(H,26,30)(H,27,31)(H,28,32). The molecule has 3 rings (SSSR count). The molecular weight excluding hydrogens is 420 g/mol. The Hall–Kier alpha value is -3.81. The van der Waals surface area contributed by atoms with Crippen molar-refractivity contribution in [1.29, 1.82) is 0 Å². The van der Waals surface area contributed by atoms with Gasteiger partial charge in [-0.15, -0.1) is 0 Å². The maximum atomic E-state index is 13.2. The predicted octanol–water partition coefficient (Wildman–Crippen LogP) is 3.61. The van der Waals surface area contributed by atoms with E-state index in [1.165, 1.54) is 0 Å². The minimum Gasteiger partial charge on any atom is -0.444 e. The third-order valence-corrected chi connectivity index (χ3v) is 5.05. The second-order valence-corrected chi connectivity index (χ2v) is 8.83. The van der Waals surface area contributed by atoms with Crippen LogP contribution >= 0.6 is 0 Å². The van der Waals surface area contributed by atoms with Crippen molar-refractivity contribution in [2.75, 3.05) is 12.4 Å². The highest BCUT2D eigenvalue weighted by atomic mass is 16.6. The molecule has 1 unspecified atom stereocenters. The minimum atomic E-state index is -0.871. The summed E-state index contributed by atoms with van der Waals surface area (Å²) in [7, 11) is 3.49. The first-order valence-electron chi connectivity index (χ1n) is 10.7. The van der Waals surface area contributed by atoms with Gasteiger partial charge in [-0.25, -0.2) is 4.79 Å². The maximum Gasteiger partial charge on any atom is 0.408 e. The molecule has 1 heterocycles. The topological polar surface area (TPSA) is 101 Å². The van der Waals surface area contributed by atoms with Crippen LogP contribution in [0.3, 0.4) is 0 Å². The molecule has 0 aliphatic carbocycles. The van der Waals surface area contributed by atoms with Crippen molar-refractivity contribution in [2.45, 2.75) is 38.8 Å². The summed E-state index contributed by atoms with van der Waals surface area (Å²) in [5, 5.41) is 9.10. The Bertz CT molecular complexity index is 1160. The zero-order valence-electron chi connectivity index (χ0n) is 19.6. The molecule has 0 saturated carbocycles. The van der Waals surface area contributed by atoms with Crippen LogP contribution in [0.2, 0.25) is 0 Å². The van der Waals surface area contributed by atoms with Crippen molar-refractivity contribution in [3.05, 3.63) is 65.9 Å². The van der Waals surface area contributed by atoms with E-state index in [4.69, 9.17) is 4.74 Å². The summed E-state index contributed by atoms with van der Waals surface area (Å²) < 4.78 is 7.36. The van der Waals surface area contributed by atoms with Crippen molar-refractivity contribution in [2.24, 2.45) is 7.05 Å². The Morgan fingerprint density at radius 3 is 2.33 bits per heavy atom. The van der Waals surface area contributed by atoms with E-state index in [-0.39, 0.29) is 18.2 Å². The normalized spacial score (nSPS) is 12.2. The van der Waals surface area contributed by atoms with Crippen LogP contribution in [-0.4, -0.2) is 41.2 Å². The molecule has 0 bridgehead atoms. The average molecular weight is 451 g/mol. The molecule has 0 radical (unpaired) electrons. The van der Waals surface area contributed by atoms with Gasteiger partial charge in [-0.1, -0.05) is 18.2 Å². The van der Waals surface area contributed by atoms with E-state index in [1.54, 1.807) is 52.1 Å². The molecule has 0 spiro atoms. The number of hydrogen-bond donors (Lipinski definition) is 3. The van der Waals surface area contributed by atoms with Crippen molar-refractivity contribution < 1.29 is 19.1 Å². The Morgan fingerprint density at radius 2 is 1.70 bits per heavy atom. The molecule has 174 valence electrons. The van der Waals surface area contributed by atoms with Crippen LogP contribution in [0, 0.1) is 0 Å². The Labute approximate surface area is 193 Å². The fraction of sp³-hybridized carbons (Fsp3) is 0.320. The molecule has 1 atom stereocenters. The van der Waals surface area contributed by atoms with Gasteiger partial charge in [-0.05, 0) is 56.7 Å². The van der Waals surface area contributed by atoms with Crippen LogP contribution in [0.25, 0.3) is 10.9 Å². The van der Waals surface area contributed by atoms with Crippen LogP contribution in [0.15, 0.2) is 54.7 Å². The number of nitrogens with zero attached hydrogens (tertiary/aromatic N) is 1. The summed E-state index contributed by atoms with van der Waals surface area (Å²) in [5.74, 6) is -0.602. The number of rotatable bonds is 6. The third kappa shape index (κ3) is 6.12. The smallest absolute Gasteiger partial charge is 0.408 e. The van der Waals surface area contributed by atoms with E-state index in [2.05, 4.69) is 16.0 Å². The lowest BCUT2D eigenvalue weighted by Gasteiger charge is -2.23. The van der Waals surface area contributed by atoms with Gasteiger partial charge in [-0.2, -0.15) is 0 Å². The Morgan fingerprint density at radius 1 is 1.03 bits per heavy atom. The fourth-order valence-electron chi connectivity index (χ4n) is 3.55. The van der Waals surface area contributed by atoms with E-state index < -0.39 is 17.7 Å². The highest BCUT2D eigenvalue weighted by Crippen LogP contribution is 2.22. The average Bonchev–Trinajstić information content (AvgIpc) is 3.07. The van der Waals surface area contributed by atoms with E-state index >= 15 is 0 Å². The highest BCUT2D eigenvalue weighted by molar-refractivity contribution is 5.98. The van der Waals surface area contributed by atoms with Crippen molar-refractivity contribution >= 4 is 34.5 Å². The number of hydrogen-bond acceptors (Lipinski definition) is 4. The lowest BCUT2D eigenvalue weighted by molar-refractivity contribution is -0.118. The molecule has 3 aromatic rings. The summed E-state index contributed by atoms with van der Waals surface area (Å²) >= 11 is 0. The zero-order valence-corrected chi connectivity index (χ0v) is 19.6. The lowest BCUT2D eigenvalue weighted by atomic mass is 10.0. The van der Waals surface area contributed by atoms with Crippen LogP contribution in [0.5, 0.6) is 0 Å². The number of para-hydroxylation sites is 1. The first-order valence-corrected chi connectivity index (χ1v) is 10.7. The molecule has 0 aliphatic heterocycles. The molecule has 3 N–H and O–H groups in total. The van der Waals surface area contributed by atoms with Gasteiger partial charge in [0, 0.05) is 48.9 Å². The Kier molecular flexibility index (Phi) is 7.06. The van der Waals surface area contributed by atoms with Crippen LogP contribution < -0.4 is 16.0 Å². The fourth-order valence-corrected chi connectivity index (χ4v) is 3.55. The van der Waals surface area contributed by atoms with Gasteiger partial charge in [0.15, 0.2) is 0 Å². The molecule has 1 aromatic heterocycles. The third-order valence-electron chi connectivity index (χ3n) is 5.05. The number of carbonyl (C=O) groups is 3. The number of nitrogens with one attached hydrogen (secondary N) is 3. The first kappa shape index (κ1) is 23.8. The quantitative estimate of drug-likeness (QED) is 0.534. The van der Waals surface area contributed by atoms with Crippen LogP contribution in [-0.2, 0) is 23.0 Å². The Balaban J connectivity index is 1.83. The van der Waals surface area contributed by atoms with Gasteiger partial charge in [0.2, 0.25) is 5.91 Å². The molecule has 0 aliphatic rings. The lowest BCUT2D eigenvalue weighted by Crippen LogP contribution is -2.47. The molecule has 8 nitrogen and oxygen atoms in total. The summed E-state index contributed by atoms with van der Waals surface area (Å²) in [6.07, 6.45) is 1.57. The number of fused-ring (bicyclic) bond motifs is 1. The number of anilines is 1. The number of ether oxygens (including phenoxy) is 1. The highest BCUT2D eigenvalue weighted by Gasteiger charge is 2.26. The van der Waals surface area contributed by atoms with E-state index in [0.717, 1.165) is 16.5 Å². The summed E-state index contributed by atoms with van der Waals surface area (Å²) in [6, 6.07) is 13.5. The van der Waals surface area contributed by atoms with Gasteiger partial charge in [-0.3, -0.25) is 9.59 Å². The van der Waals surface area contributed by atoms with Crippen LogP contribution in [0.1, 0.15) is 36.7 Å². The number of carbonyl (C=O) groups excluding carboxylic acids is 3. The predicted molar refractivity (Wildman–Crippen MR) is 128 cm³/mol. The molecule has 0 fully saturated rings. The summed E-state index contributed by atoms with van der Waals surface area (Å²) in [6.45, 7) is 5.29. The first-order chi connectivity index (χ1) is 15.6. The number of alkyl carbamates (subject to hydrolysis) is 1. The zero-order chi connectivity index (χ0) is 24.2. The summed E-state index contributed by atoms with van der Waals surface area (Å²) in [5.41, 5.74) is 2.27. The SMILES string of the molecule is CNC(=O)c1ccc(NC(=O)C(Cc2cn(C)c3ccccc23)NC(=O)OC(C)(C)C)cc1. The molecule has 3 amide bonds. The van der Waals surface area contributed by atoms with Gasteiger partial charge in [0.05, 0.1) is 0 Å². The maximum absolute atomic E-state index is 13.2. The van der Waals surface area contributed by atoms with Crippen molar-refractivity contribution in [1.82, 2.24) is 15.2 Å². The number of amides is 3. The summed E-state index contributed by atoms with van der Waals surface area (Å²) in [4.78, 5) is 37.4. The van der Waals surface area contributed by atoms with Gasteiger partial charge < -0.3 is 25.3 Å². The van der Waals surface area contributed by atoms with E-state index in [9.17, 15) is 14.4 Å². The largest absolute Gasteiger partial charge is 0.444 e. The number of benzene rings is 2. The van der Waals surface area contributed by atoms with E-state index in [1.807, 2.05) is 42.1 Å². The number of aromatic nitrogens is 1. The number of aryl methyl sites for hydroxylation is 1. The minimum absolute atomic E-state index is 0.215. The second kappa shape index (κ2) is 9.77. The van der Waals surface area contributed by atoms with Gasteiger partial charge in [0.25, 0.3) is 5.91 Å². The molecule has 8 heteroatoms. The van der Waals surface area contributed by atoms with Gasteiger partial charge >= 0.3 is 6.09 Å².